The van der Waals surface area contributed by atoms with Crippen LogP contribution in [0.3, 0.4) is 0 Å². The van der Waals surface area contributed by atoms with E-state index < -0.39 is 5.97 Å². The molecule has 3 aromatic rings. The van der Waals surface area contributed by atoms with Gasteiger partial charge in [0, 0.05) is 12.6 Å². The molecular formula is C17H15N3O3. The Morgan fingerprint density at radius 2 is 1.83 bits per heavy atom. The lowest BCUT2D eigenvalue weighted by molar-refractivity contribution is 0.0438. The molecule has 0 fully saturated rings. The van der Waals surface area contributed by atoms with Crippen molar-refractivity contribution in [3.05, 3.63) is 71.9 Å². The van der Waals surface area contributed by atoms with E-state index in [0.29, 0.717) is 17.1 Å². The van der Waals surface area contributed by atoms with Crippen molar-refractivity contribution in [3.63, 3.8) is 0 Å². The van der Waals surface area contributed by atoms with Crippen molar-refractivity contribution in [1.82, 2.24) is 10.2 Å². The molecule has 116 valence electrons. The number of aryl methyl sites for hydroxylation is 1. The van der Waals surface area contributed by atoms with E-state index in [2.05, 4.69) is 15.5 Å². The summed E-state index contributed by atoms with van der Waals surface area (Å²) < 4.78 is 10.4. The van der Waals surface area contributed by atoms with Crippen LogP contribution < -0.4 is 5.32 Å². The van der Waals surface area contributed by atoms with Gasteiger partial charge in [-0.05, 0) is 24.3 Å². The van der Waals surface area contributed by atoms with Gasteiger partial charge in [-0.2, -0.15) is 0 Å². The first-order valence-corrected chi connectivity index (χ1v) is 7.09. The number of aromatic nitrogens is 2. The minimum Gasteiger partial charge on any atom is -0.452 e. The van der Waals surface area contributed by atoms with Gasteiger partial charge in [0.25, 0.3) is 5.89 Å². The highest BCUT2D eigenvalue weighted by Crippen LogP contribution is 2.21. The molecule has 0 spiro atoms. The molecular weight excluding hydrogens is 294 g/mol. The third-order valence-electron chi connectivity index (χ3n) is 3.09. The summed E-state index contributed by atoms with van der Waals surface area (Å²) in [5, 5.41) is 10.7. The summed E-state index contributed by atoms with van der Waals surface area (Å²) in [6.45, 7) is 1.62. The quantitative estimate of drug-likeness (QED) is 0.727. The van der Waals surface area contributed by atoms with E-state index in [4.69, 9.17) is 9.15 Å². The summed E-state index contributed by atoms with van der Waals surface area (Å²) in [6.07, 6.45) is 0. The number of benzene rings is 2. The van der Waals surface area contributed by atoms with Gasteiger partial charge in [0.1, 0.15) is 0 Å². The van der Waals surface area contributed by atoms with Crippen LogP contribution in [-0.2, 0) is 11.3 Å². The van der Waals surface area contributed by atoms with Crippen molar-refractivity contribution in [2.75, 3.05) is 5.32 Å². The Morgan fingerprint density at radius 3 is 2.57 bits per heavy atom. The zero-order valence-corrected chi connectivity index (χ0v) is 12.5. The second-order valence-electron chi connectivity index (χ2n) is 4.83. The van der Waals surface area contributed by atoms with Crippen LogP contribution in [0.15, 0.2) is 59.0 Å². The van der Waals surface area contributed by atoms with Crippen molar-refractivity contribution >= 4 is 17.3 Å². The smallest absolute Gasteiger partial charge is 0.340 e. The Bertz CT molecular complexity index is 800. The van der Waals surface area contributed by atoms with Crippen molar-refractivity contribution in [2.24, 2.45) is 0 Å². The van der Waals surface area contributed by atoms with E-state index in [-0.39, 0.29) is 12.5 Å². The van der Waals surface area contributed by atoms with Crippen LogP contribution >= 0.6 is 0 Å². The first-order chi connectivity index (χ1) is 11.2. The van der Waals surface area contributed by atoms with Crippen molar-refractivity contribution in [1.29, 1.82) is 0 Å². The van der Waals surface area contributed by atoms with Gasteiger partial charge in [-0.15, -0.1) is 10.2 Å². The zero-order chi connectivity index (χ0) is 16.1. The monoisotopic (exact) mass is 309 g/mol. The second kappa shape index (κ2) is 6.74. The summed E-state index contributed by atoms with van der Waals surface area (Å²) >= 11 is 0. The maximum atomic E-state index is 12.3. The molecule has 6 heteroatoms. The fourth-order valence-corrected chi connectivity index (χ4v) is 2.05. The maximum absolute atomic E-state index is 12.3. The molecule has 0 unspecified atom stereocenters. The van der Waals surface area contributed by atoms with E-state index in [1.807, 2.05) is 42.5 Å². The normalized spacial score (nSPS) is 10.3. The van der Waals surface area contributed by atoms with E-state index in [1.165, 1.54) is 0 Å². The van der Waals surface area contributed by atoms with Gasteiger partial charge in [-0.1, -0.05) is 30.3 Å². The zero-order valence-electron chi connectivity index (χ0n) is 12.5. The van der Waals surface area contributed by atoms with Gasteiger partial charge in [0.15, 0.2) is 6.61 Å². The average molecular weight is 309 g/mol. The number of ether oxygens (including phenoxy) is 1. The largest absolute Gasteiger partial charge is 0.452 e. The third kappa shape index (κ3) is 3.74. The van der Waals surface area contributed by atoms with Gasteiger partial charge >= 0.3 is 5.97 Å². The molecule has 0 radical (unpaired) electrons. The molecule has 23 heavy (non-hydrogen) atoms. The number of para-hydroxylation sites is 2. The molecule has 6 nitrogen and oxygen atoms in total. The summed E-state index contributed by atoms with van der Waals surface area (Å²) in [5.41, 5.74) is 2.00. The molecule has 0 bridgehead atoms. The minimum absolute atomic E-state index is 0.0562. The number of nitrogens with one attached hydrogen (secondary N) is 1. The number of esters is 1. The van der Waals surface area contributed by atoms with Gasteiger partial charge in [0.2, 0.25) is 5.89 Å². The molecule has 0 amide bonds. The van der Waals surface area contributed by atoms with Crippen molar-refractivity contribution < 1.29 is 13.9 Å². The average Bonchev–Trinajstić information content (AvgIpc) is 3.00. The van der Waals surface area contributed by atoms with E-state index in [9.17, 15) is 4.79 Å². The van der Waals surface area contributed by atoms with Crippen LogP contribution in [0.4, 0.5) is 11.4 Å². The minimum atomic E-state index is -0.458. The number of nitrogens with zero attached hydrogens (tertiary/aromatic N) is 2. The first-order valence-electron chi connectivity index (χ1n) is 7.09. The highest BCUT2D eigenvalue weighted by Gasteiger charge is 2.14. The lowest BCUT2D eigenvalue weighted by Gasteiger charge is -2.11. The first kappa shape index (κ1) is 14.8. The topological polar surface area (TPSA) is 77.2 Å². The molecule has 0 aliphatic heterocycles. The van der Waals surface area contributed by atoms with Crippen LogP contribution in [0.5, 0.6) is 0 Å². The maximum Gasteiger partial charge on any atom is 0.340 e. The molecule has 0 saturated carbocycles. The molecule has 1 heterocycles. The number of hydrogen-bond donors (Lipinski definition) is 1. The van der Waals surface area contributed by atoms with Crippen LogP contribution in [0.25, 0.3) is 0 Å². The fourth-order valence-electron chi connectivity index (χ4n) is 2.05. The van der Waals surface area contributed by atoms with E-state index in [0.717, 1.165) is 5.69 Å². The second-order valence-corrected chi connectivity index (χ2v) is 4.83. The molecule has 2 aromatic carbocycles. The molecule has 1 N–H and O–H groups in total. The summed E-state index contributed by atoms with van der Waals surface area (Å²) in [7, 11) is 0. The molecule has 0 saturated heterocycles. The van der Waals surface area contributed by atoms with Crippen LogP contribution in [0.2, 0.25) is 0 Å². The number of anilines is 2. The molecule has 1 aromatic heterocycles. The van der Waals surface area contributed by atoms with E-state index >= 15 is 0 Å². The summed E-state index contributed by atoms with van der Waals surface area (Å²) in [6, 6.07) is 16.8. The SMILES string of the molecule is Cc1nnc(COC(=O)c2ccccc2Nc2ccccc2)o1. The molecule has 0 atom stereocenters. The lowest BCUT2D eigenvalue weighted by atomic mass is 10.1. The number of rotatable bonds is 5. The Morgan fingerprint density at radius 1 is 1.09 bits per heavy atom. The standard InChI is InChI=1S/C17H15N3O3/c1-12-19-20-16(23-12)11-22-17(21)14-9-5-6-10-15(14)18-13-7-3-2-4-8-13/h2-10,18H,11H2,1H3. The Labute approximate surface area is 133 Å². The predicted octanol–water partition coefficient (Wildman–Crippen LogP) is 3.48. The fraction of sp³-hybridized carbons (Fsp3) is 0.118. The van der Waals surface area contributed by atoms with Gasteiger partial charge < -0.3 is 14.5 Å². The van der Waals surface area contributed by atoms with Crippen LogP contribution in [0.1, 0.15) is 22.1 Å². The van der Waals surface area contributed by atoms with Crippen molar-refractivity contribution in [3.8, 4) is 0 Å². The number of hydrogen-bond acceptors (Lipinski definition) is 6. The predicted molar refractivity (Wildman–Crippen MR) is 84.3 cm³/mol. The Balaban J connectivity index is 1.72. The van der Waals surface area contributed by atoms with Crippen LogP contribution in [-0.4, -0.2) is 16.2 Å². The summed E-state index contributed by atoms with van der Waals surface area (Å²) in [4.78, 5) is 12.3. The molecule has 0 aliphatic carbocycles. The Kier molecular flexibility index (Phi) is 4.33. The lowest BCUT2D eigenvalue weighted by Crippen LogP contribution is -2.08. The molecule has 3 rings (SSSR count). The summed E-state index contributed by atoms with van der Waals surface area (Å²) in [5.74, 6) is 0.242. The van der Waals surface area contributed by atoms with E-state index in [1.54, 1.807) is 19.1 Å². The number of carbonyl (C=O) groups is 1. The highest BCUT2D eigenvalue weighted by atomic mass is 16.5. The number of carbonyl (C=O) groups excluding carboxylic acids is 1. The Hall–Kier alpha value is -3.15. The molecule has 0 aliphatic rings. The third-order valence-corrected chi connectivity index (χ3v) is 3.09. The van der Waals surface area contributed by atoms with Gasteiger partial charge in [-0.25, -0.2) is 4.79 Å². The van der Waals surface area contributed by atoms with Crippen molar-refractivity contribution in [2.45, 2.75) is 13.5 Å². The van der Waals surface area contributed by atoms with Gasteiger partial charge in [-0.3, -0.25) is 0 Å². The highest BCUT2D eigenvalue weighted by molar-refractivity contribution is 5.96. The van der Waals surface area contributed by atoms with Crippen LogP contribution in [0, 0.1) is 6.92 Å². The van der Waals surface area contributed by atoms with Gasteiger partial charge in [0.05, 0.1) is 11.3 Å².